The van der Waals surface area contributed by atoms with Crippen LogP contribution in [0.1, 0.15) is 54.2 Å². The summed E-state index contributed by atoms with van der Waals surface area (Å²) in [5.74, 6) is 0.995. The van der Waals surface area contributed by atoms with Gasteiger partial charge >= 0.3 is 0 Å². The number of carbonyl (C=O) groups is 1. The minimum absolute atomic E-state index is 0.141. The van der Waals surface area contributed by atoms with Gasteiger partial charge in [0.05, 0.1) is 24.9 Å². The van der Waals surface area contributed by atoms with E-state index in [0.717, 1.165) is 31.4 Å². The summed E-state index contributed by atoms with van der Waals surface area (Å²) in [5, 5.41) is 15.4. The van der Waals surface area contributed by atoms with Crippen LogP contribution in [0.5, 0.6) is 5.75 Å². The first-order chi connectivity index (χ1) is 19.1. The molecule has 0 saturated heterocycles. The number of pyridine rings is 1. The summed E-state index contributed by atoms with van der Waals surface area (Å²) in [7, 11) is 1.58. The van der Waals surface area contributed by atoms with Crippen molar-refractivity contribution >= 4 is 11.9 Å². The highest BCUT2D eigenvalue weighted by molar-refractivity contribution is 5.97. The lowest BCUT2D eigenvalue weighted by Crippen LogP contribution is -2.51. The number of guanidine groups is 1. The number of nitrogens with one attached hydrogen (secondary N) is 2. The lowest BCUT2D eigenvalue weighted by atomic mass is 9.67. The molecule has 39 heavy (non-hydrogen) atoms. The van der Waals surface area contributed by atoms with Gasteiger partial charge in [-0.25, -0.2) is 0 Å². The molecule has 1 saturated carbocycles. The number of hydrogen-bond donors (Lipinski definition) is 2. The SMILES string of the molecule is CC/N=C(/NC#N)N(Cc1ccccn1)C1CCC(CNC(=O)c2ccccc2OC)(c2ccccc2)CC1. The maximum atomic E-state index is 13.2. The molecular weight excluding hydrogens is 488 g/mol. The summed E-state index contributed by atoms with van der Waals surface area (Å²) in [5.41, 5.74) is 2.46. The number of carbonyl (C=O) groups excluding carboxylic acids is 1. The van der Waals surface area contributed by atoms with Gasteiger partial charge in [-0.3, -0.25) is 20.1 Å². The Hall–Kier alpha value is -4.38. The Morgan fingerprint density at radius 1 is 1.10 bits per heavy atom. The van der Waals surface area contributed by atoms with Crippen LogP contribution in [0.2, 0.25) is 0 Å². The third kappa shape index (κ3) is 6.74. The first-order valence-corrected chi connectivity index (χ1v) is 13.4. The molecule has 1 aliphatic carbocycles. The zero-order chi connectivity index (χ0) is 27.5. The molecule has 4 rings (SSSR count). The maximum absolute atomic E-state index is 13.2. The summed E-state index contributed by atoms with van der Waals surface area (Å²) in [4.78, 5) is 24.5. The molecule has 1 aliphatic rings. The molecule has 0 aliphatic heterocycles. The van der Waals surface area contributed by atoms with Gasteiger partial charge in [0, 0.05) is 30.7 Å². The molecule has 3 aromatic rings. The van der Waals surface area contributed by atoms with E-state index in [9.17, 15) is 10.1 Å². The highest BCUT2D eigenvalue weighted by Crippen LogP contribution is 2.41. The smallest absolute Gasteiger partial charge is 0.255 e. The number of methoxy groups -OCH3 is 1. The number of amides is 1. The second-order valence-electron chi connectivity index (χ2n) is 9.74. The normalized spacial score (nSPS) is 19.0. The number of ether oxygens (including phenoxy) is 1. The van der Waals surface area contributed by atoms with Crippen LogP contribution in [0.4, 0.5) is 0 Å². The highest BCUT2D eigenvalue weighted by atomic mass is 16.5. The van der Waals surface area contributed by atoms with Crippen molar-refractivity contribution < 1.29 is 9.53 Å². The molecule has 0 bridgehead atoms. The van der Waals surface area contributed by atoms with Crippen molar-refractivity contribution in [2.45, 2.75) is 50.6 Å². The number of benzene rings is 2. The number of para-hydroxylation sites is 1. The monoisotopic (exact) mass is 524 g/mol. The van der Waals surface area contributed by atoms with Crippen molar-refractivity contribution in [3.63, 3.8) is 0 Å². The second-order valence-corrected chi connectivity index (χ2v) is 9.74. The van der Waals surface area contributed by atoms with E-state index in [2.05, 4.69) is 56.0 Å². The molecule has 1 fully saturated rings. The van der Waals surface area contributed by atoms with Gasteiger partial charge in [0.1, 0.15) is 5.75 Å². The average Bonchev–Trinajstić information content (AvgIpc) is 3.00. The predicted molar refractivity (Wildman–Crippen MR) is 152 cm³/mol. The van der Waals surface area contributed by atoms with Gasteiger partial charge in [0.2, 0.25) is 5.96 Å². The molecule has 2 N–H and O–H groups in total. The van der Waals surface area contributed by atoms with E-state index in [1.165, 1.54) is 5.56 Å². The van der Waals surface area contributed by atoms with E-state index in [0.29, 0.717) is 36.9 Å². The fraction of sp³-hybridized carbons (Fsp3) is 0.355. The summed E-state index contributed by atoms with van der Waals surface area (Å²) in [6, 6.07) is 23.8. The summed E-state index contributed by atoms with van der Waals surface area (Å²) >= 11 is 0. The summed E-state index contributed by atoms with van der Waals surface area (Å²) in [6.07, 6.45) is 7.34. The molecule has 202 valence electrons. The lowest BCUT2D eigenvalue weighted by molar-refractivity contribution is 0.0925. The number of aromatic nitrogens is 1. The average molecular weight is 525 g/mol. The molecular formula is C31H36N6O2. The Balaban J connectivity index is 1.56. The van der Waals surface area contributed by atoms with Crippen molar-refractivity contribution in [1.29, 1.82) is 5.26 Å². The number of nitriles is 1. The zero-order valence-electron chi connectivity index (χ0n) is 22.6. The van der Waals surface area contributed by atoms with Crippen LogP contribution >= 0.6 is 0 Å². The minimum atomic E-state index is -0.211. The molecule has 1 heterocycles. The molecule has 0 spiro atoms. The van der Waals surface area contributed by atoms with Gasteiger partial charge in [0.25, 0.3) is 5.91 Å². The van der Waals surface area contributed by atoms with Gasteiger partial charge in [-0.15, -0.1) is 0 Å². The van der Waals surface area contributed by atoms with E-state index < -0.39 is 0 Å². The van der Waals surface area contributed by atoms with Gasteiger partial charge in [-0.2, -0.15) is 5.26 Å². The highest BCUT2D eigenvalue weighted by Gasteiger charge is 2.39. The molecule has 2 aromatic carbocycles. The minimum Gasteiger partial charge on any atom is -0.496 e. The molecule has 0 radical (unpaired) electrons. The Morgan fingerprint density at radius 2 is 1.82 bits per heavy atom. The van der Waals surface area contributed by atoms with Crippen molar-refractivity contribution in [2.75, 3.05) is 20.2 Å². The lowest BCUT2D eigenvalue weighted by Gasteiger charge is -2.44. The number of rotatable bonds is 9. The van der Waals surface area contributed by atoms with Crippen molar-refractivity contribution in [2.24, 2.45) is 4.99 Å². The number of hydrogen-bond acceptors (Lipinski definition) is 5. The van der Waals surface area contributed by atoms with Crippen LogP contribution in [0.25, 0.3) is 0 Å². The first kappa shape index (κ1) is 27.6. The Bertz CT molecular complexity index is 1280. The van der Waals surface area contributed by atoms with Crippen LogP contribution < -0.4 is 15.4 Å². The van der Waals surface area contributed by atoms with Crippen LogP contribution in [-0.2, 0) is 12.0 Å². The van der Waals surface area contributed by atoms with E-state index in [1.54, 1.807) is 25.4 Å². The molecule has 0 unspecified atom stereocenters. The Kier molecular flexibility index (Phi) is 9.52. The molecule has 1 amide bonds. The fourth-order valence-corrected chi connectivity index (χ4v) is 5.45. The van der Waals surface area contributed by atoms with Gasteiger partial charge < -0.3 is 15.0 Å². The standard InChI is InChI=1S/C31H36N6O2/c1-3-33-30(36-23-32)37(21-25-13-9-10-20-34-25)26-16-18-31(19-17-26,24-11-5-4-6-12-24)22-35-29(38)27-14-7-8-15-28(27)39-2/h4-15,20,26H,3,16-19,21-22H2,1-2H3,(H,33,36)(H,35,38). The number of nitrogens with zero attached hydrogens (tertiary/aromatic N) is 4. The third-order valence-electron chi connectivity index (χ3n) is 7.48. The maximum Gasteiger partial charge on any atom is 0.255 e. The van der Waals surface area contributed by atoms with Crippen LogP contribution in [-0.4, -0.2) is 48.0 Å². The Morgan fingerprint density at radius 3 is 2.49 bits per heavy atom. The zero-order valence-corrected chi connectivity index (χ0v) is 22.6. The van der Waals surface area contributed by atoms with E-state index >= 15 is 0 Å². The largest absolute Gasteiger partial charge is 0.496 e. The predicted octanol–water partition coefficient (Wildman–Crippen LogP) is 4.65. The third-order valence-corrected chi connectivity index (χ3v) is 7.48. The fourth-order valence-electron chi connectivity index (χ4n) is 5.45. The van der Waals surface area contributed by atoms with E-state index in [-0.39, 0.29) is 17.4 Å². The number of aliphatic imine (C=N–C) groups is 1. The Labute approximate surface area is 230 Å². The first-order valence-electron chi connectivity index (χ1n) is 13.4. The van der Waals surface area contributed by atoms with Gasteiger partial charge in [0.15, 0.2) is 6.19 Å². The van der Waals surface area contributed by atoms with E-state index in [1.807, 2.05) is 43.3 Å². The molecule has 1 aromatic heterocycles. The molecule has 8 nitrogen and oxygen atoms in total. The van der Waals surface area contributed by atoms with Crippen molar-refractivity contribution in [3.05, 3.63) is 95.8 Å². The van der Waals surface area contributed by atoms with E-state index in [4.69, 9.17) is 4.74 Å². The van der Waals surface area contributed by atoms with Crippen LogP contribution in [0, 0.1) is 11.5 Å². The topological polar surface area (TPSA) is 103 Å². The molecule has 0 atom stereocenters. The van der Waals surface area contributed by atoms with Gasteiger partial charge in [-0.05, 0) is 62.4 Å². The summed E-state index contributed by atoms with van der Waals surface area (Å²) < 4.78 is 5.41. The molecule has 8 heteroatoms. The summed E-state index contributed by atoms with van der Waals surface area (Å²) in [6.45, 7) is 3.61. The van der Waals surface area contributed by atoms with Crippen LogP contribution in [0.15, 0.2) is 84.0 Å². The second kappa shape index (κ2) is 13.4. The quantitative estimate of drug-likeness (QED) is 0.183. The van der Waals surface area contributed by atoms with Crippen LogP contribution in [0.3, 0.4) is 0 Å². The van der Waals surface area contributed by atoms with Gasteiger partial charge in [-0.1, -0.05) is 48.5 Å². The van der Waals surface area contributed by atoms with Crippen molar-refractivity contribution in [1.82, 2.24) is 20.5 Å². The van der Waals surface area contributed by atoms with Crippen molar-refractivity contribution in [3.8, 4) is 11.9 Å².